The molecule has 5 rings (SSSR count). The highest BCUT2D eigenvalue weighted by molar-refractivity contribution is 14.1. The summed E-state index contributed by atoms with van der Waals surface area (Å²) in [6.45, 7) is 2.18. The number of nitrogens with two attached hydrogens (primary N) is 1. The van der Waals surface area contributed by atoms with E-state index in [9.17, 15) is 4.79 Å². The van der Waals surface area contributed by atoms with Crippen molar-refractivity contribution in [2.24, 2.45) is 0 Å². The van der Waals surface area contributed by atoms with Crippen LogP contribution in [0.4, 0.5) is 5.82 Å². The van der Waals surface area contributed by atoms with Gasteiger partial charge >= 0.3 is 5.69 Å². The lowest BCUT2D eigenvalue weighted by Crippen LogP contribution is -2.37. The maximum absolute atomic E-state index is 12.5. The van der Waals surface area contributed by atoms with Gasteiger partial charge in [-0.2, -0.15) is 4.98 Å². The number of rotatable bonds is 7. The van der Waals surface area contributed by atoms with E-state index in [1.807, 2.05) is 61.5 Å². The first kappa shape index (κ1) is 24.7. The summed E-state index contributed by atoms with van der Waals surface area (Å²) in [4.78, 5) is 16.5. The van der Waals surface area contributed by atoms with E-state index in [0.29, 0.717) is 13.0 Å². The fraction of sp³-hybridized carbons (Fsp3) is 0.241. The van der Waals surface area contributed by atoms with Gasteiger partial charge in [-0.05, 0) is 23.6 Å². The number of nitrogens with zero attached hydrogens (tertiary/aromatic N) is 2. The Hall–Kier alpha value is -3.01. The van der Waals surface area contributed by atoms with Crippen LogP contribution in [0.1, 0.15) is 34.9 Å². The predicted octanol–water partition coefficient (Wildman–Crippen LogP) is 5.23. The third-order valence-corrected chi connectivity index (χ3v) is 7.96. The van der Waals surface area contributed by atoms with Gasteiger partial charge in [0.15, 0.2) is 0 Å². The number of aromatic nitrogens is 2. The van der Waals surface area contributed by atoms with Crippen molar-refractivity contribution < 1.29 is 9.47 Å². The summed E-state index contributed by atoms with van der Waals surface area (Å²) in [6, 6.07) is 30.8. The van der Waals surface area contributed by atoms with E-state index < -0.39 is 17.5 Å². The van der Waals surface area contributed by atoms with Gasteiger partial charge in [0, 0.05) is 22.1 Å². The summed E-state index contributed by atoms with van der Waals surface area (Å²) < 4.78 is 15.0. The van der Waals surface area contributed by atoms with Crippen LogP contribution in [-0.4, -0.2) is 26.2 Å². The number of aryl methyl sites for hydroxylation is 1. The van der Waals surface area contributed by atoms with E-state index in [1.54, 1.807) is 6.20 Å². The predicted molar refractivity (Wildman–Crippen MR) is 149 cm³/mol. The molecule has 0 radical (unpaired) electrons. The number of anilines is 1. The minimum absolute atomic E-state index is 0.150. The molecule has 7 heteroatoms. The van der Waals surface area contributed by atoms with Crippen molar-refractivity contribution in [2.75, 3.05) is 12.3 Å². The van der Waals surface area contributed by atoms with E-state index in [1.165, 1.54) is 4.57 Å². The molecule has 0 bridgehead atoms. The highest BCUT2D eigenvalue weighted by Crippen LogP contribution is 2.42. The maximum atomic E-state index is 12.5. The van der Waals surface area contributed by atoms with Crippen LogP contribution in [0, 0.1) is 6.92 Å². The van der Waals surface area contributed by atoms with Crippen LogP contribution < -0.4 is 11.4 Å². The number of alkyl halides is 1. The average Bonchev–Trinajstić information content (AvgIpc) is 3.28. The van der Waals surface area contributed by atoms with Gasteiger partial charge in [-0.25, -0.2) is 4.79 Å². The molecule has 0 unspecified atom stereocenters. The SMILES string of the molecule is Cc1cn([C@H]2C[C@H](I)[C@@H](COC(c3ccccc3)(c3ccccc3)c3ccccc3)O2)c(=O)nc1N. The van der Waals surface area contributed by atoms with Gasteiger partial charge in [-0.3, -0.25) is 4.57 Å². The third-order valence-electron chi connectivity index (χ3n) is 6.65. The van der Waals surface area contributed by atoms with Crippen LogP contribution in [0.3, 0.4) is 0 Å². The fourth-order valence-corrected chi connectivity index (χ4v) is 5.58. The molecule has 3 aromatic carbocycles. The van der Waals surface area contributed by atoms with Crippen LogP contribution >= 0.6 is 22.6 Å². The summed E-state index contributed by atoms with van der Waals surface area (Å²) in [5, 5.41) is 0. The molecule has 184 valence electrons. The second-order valence-corrected chi connectivity index (χ2v) is 10.6. The molecule has 2 N–H and O–H groups in total. The topological polar surface area (TPSA) is 79.4 Å². The summed E-state index contributed by atoms with van der Waals surface area (Å²) in [6.07, 6.45) is 1.77. The molecular weight excluding hydrogens is 565 g/mol. The number of nitrogen functional groups attached to an aromatic ring is 1. The molecule has 3 atom stereocenters. The minimum atomic E-state index is -0.822. The molecule has 1 saturated heterocycles. The van der Waals surface area contributed by atoms with E-state index in [2.05, 4.69) is 64.0 Å². The lowest BCUT2D eigenvalue weighted by atomic mass is 9.80. The zero-order valence-corrected chi connectivity index (χ0v) is 22.1. The molecule has 1 aromatic heterocycles. The van der Waals surface area contributed by atoms with Gasteiger partial charge in [0.1, 0.15) is 17.6 Å². The van der Waals surface area contributed by atoms with Crippen molar-refractivity contribution in [1.82, 2.24) is 9.55 Å². The molecule has 36 heavy (non-hydrogen) atoms. The van der Waals surface area contributed by atoms with Crippen molar-refractivity contribution in [3.8, 4) is 0 Å². The summed E-state index contributed by atoms with van der Waals surface area (Å²) in [7, 11) is 0. The normalized spacial score (nSPS) is 19.9. The molecular formula is C29H28IN3O3. The average molecular weight is 593 g/mol. The van der Waals surface area contributed by atoms with Crippen LogP contribution in [-0.2, 0) is 15.1 Å². The second-order valence-electron chi connectivity index (χ2n) is 8.97. The van der Waals surface area contributed by atoms with Gasteiger partial charge in [-0.15, -0.1) is 0 Å². The Morgan fingerprint density at radius 3 is 1.97 bits per heavy atom. The van der Waals surface area contributed by atoms with Gasteiger partial charge in [0.25, 0.3) is 0 Å². The maximum Gasteiger partial charge on any atom is 0.351 e. The van der Waals surface area contributed by atoms with Crippen molar-refractivity contribution in [2.45, 2.75) is 35.2 Å². The first-order valence-electron chi connectivity index (χ1n) is 11.9. The highest BCUT2D eigenvalue weighted by atomic mass is 127. The Morgan fingerprint density at radius 2 is 1.47 bits per heavy atom. The van der Waals surface area contributed by atoms with Crippen LogP contribution in [0.2, 0.25) is 0 Å². The van der Waals surface area contributed by atoms with Crippen molar-refractivity contribution in [1.29, 1.82) is 0 Å². The Balaban J connectivity index is 1.50. The van der Waals surface area contributed by atoms with Crippen molar-refractivity contribution >= 4 is 28.4 Å². The molecule has 1 aliphatic rings. The molecule has 0 saturated carbocycles. The lowest BCUT2D eigenvalue weighted by molar-refractivity contribution is -0.0759. The summed E-state index contributed by atoms with van der Waals surface area (Å²) in [5.74, 6) is 0.249. The molecule has 2 heterocycles. The van der Waals surface area contributed by atoms with E-state index in [0.717, 1.165) is 22.3 Å². The Bertz CT molecular complexity index is 1270. The minimum Gasteiger partial charge on any atom is -0.383 e. The molecule has 0 spiro atoms. The highest BCUT2D eigenvalue weighted by Gasteiger charge is 2.41. The zero-order chi connectivity index (χ0) is 25.1. The van der Waals surface area contributed by atoms with Crippen LogP contribution in [0.25, 0.3) is 0 Å². The molecule has 0 amide bonds. The van der Waals surface area contributed by atoms with E-state index in [4.69, 9.17) is 15.2 Å². The number of ether oxygens (including phenoxy) is 2. The monoisotopic (exact) mass is 593 g/mol. The molecule has 1 aliphatic heterocycles. The molecule has 6 nitrogen and oxygen atoms in total. The van der Waals surface area contributed by atoms with Crippen molar-refractivity contribution in [3.05, 3.63) is 130 Å². The van der Waals surface area contributed by atoms with Gasteiger partial charge in [0.2, 0.25) is 0 Å². The van der Waals surface area contributed by atoms with Crippen LogP contribution in [0.15, 0.2) is 102 Å². The van der Waals surface area contributed by atoms with Crippen molar-refractivity contribution in [3.63, 3.8) is 0 Å². The largest absolute Gasteiger partial charge is 0.383 e. The standard InChI is InChI=1S/C29H28IN3O3/c1-20-18-33(28(34)32-27(20)31)26-17-24(30)25(36-26)19-35-29(21-11-5-2-6-12-21,22-13-7-3-8-14-22)23-15-9-4-10-16-23/h2-16,18,24-26H,17,19H2,1H3,(H2,31,32,34)/t24-,25+,26+/m0/s1. The van der Waals surface area contributed by atoms with E-state index in [-0.39, 0.29) is 15.8 Å². The first-order chi connectivity index (χ1) is 17.5. The van der Waals surface area contributed by atoms with Gasteiger partial charge < -0.3 is 15.2 Å². The number of hydrogen-bond donors (Lipinski definition) is 1. The van der Waals surface area contributed by atoms with E-state index >= 15 is 0 Å². The smallest absolute Gasteiger partial charge is 0.351 e. The van der Waals surface area contributed by atoms with Crippen LogP contribution in [0.5, 0.6) is 0 Å². The van der Waals surface area contributed by atoms with Gasteiger partial charge in [-0.1, -0.05) is 114 Å². The lowest BCUT2D eigenvalue weighted by Gasteiger charge is -2.37. The Morgan fingerprint density at radius 1 is 0.972 bits per heavy atom. The third kappa shape index (κ3) is 4.70. The number of halogens is 1. The zero-order valence-electron chi connectivity index (χ0n) is 20.0. The second kappa shape index (κ2) is 10.5. The summed E-state index contributed by atoms with van der Waals surface area (Å²) >= 11 is 2.39. The quantitative estimate of drug-likeness (QED) is 0.180. The van der Waals surface area contributed by atoms with Gasteiger partial charge in [0.05, 0.1) is 12.7 Å². The molecule has 4 aromatic rings. The molecule has 1 fully saturated rings. The molecule has 0 aliphatic carbocycles. The summed E-state index contributed by atoms with van der Waals surface area (Å²) in [5.41, 5.74) is 8.46. The Labute approximate surface area is 224 Å². The number of hydrogen-bond acceptors (Lipinski definition) is 5. The number of benzene rings is 3. The fourth-order valence-electron chi connectivity index (χ4n) is 4.77. The Kier molecular flexibility index (Phi) is 7.22. The first-order valence-corrected chi connectivity index (χ1v) is 13.2.